The standard InChI is InChI=1S/C48H60ClF2N6O8PS/c1-5-63-66(61,26-33-34(50)17-13-18-35(33)51)48-24-29(48)14-9-7-6-8-10-19-36(55-47(60)65-30-15-11-12-16-30)45(59)57-25-31(22-39(57)44(58)56-48)64-41-23-37(38-27-67-46(54-38)52-28(2)3)53-43-32(41)20-21-40(62-4)42(43)49/h13,17-18,20-21,23,27-31,36,39H,5-12,14-16,19,22,24-26H2,1-4H3,(H,52,54)(H,55,60)(H,56,58)/t29-,31+,36+,39+,48+,66?/m1/s1. The molecule has 362 valence electrons. The molecule has 2 aliphatic heterocycles. The minimum absolute atomic E-state index is 0.000628. The fraction of sp³-hybridized carbons (Fsp3) is 0.562. The summed E-state index contributed by atoms with van der Waals surface area (Å²) < 4.78 is 70.1. The molecule has 6 atom stereocenters. The van der Waals surface area contributed by atoms with Crippen molar-refractivity contribution < 1.29 is 46.5 Å². The van der Waals surface area contributed by atoms with Crippen LogP contribution in [0.1, 0.15) is 110 Å². The van der Waals surface area contributed by atoms with Crippen LogP contribution >= 0.6 is 30.3 Å². The molecule has 2 saturated carbocycles. The minimum Gasteiger partial charge on any atom is -0.495 e. The van der Waals surface area contributed by atoms with E-state index in [1.54, 1.807) is 25.1 Å². The van der Waals surface area contributed by atoms with Gasteiger partial charge in [0.05, 0.1) is 37.6 Å². The number of ether oxygens (including phenoxy) is 3. The summed E-state index contributed by atoms with van der Waals surface area (Å²) in [7, 11) is -2.58. The predicted octanol–water partition coefficient (Wildman–Crippen LogP) is 10.6. The first-order chi connectivity index (χ1) is 32.2. The number of fused-ring (bicyclic) bond motifs is 3. The summed E-state index contributed by atoms with van der Waals surface area (Å²) in [6, 6.07) is 6.66. The van der Waals surface area contributed by atoms with E-state index in [1.807, 2.05) is 19.2 Å². The lowest BCUT2D eigenvalue weighted by molar-refractivity contribution is -0.140. The van der Waals surface area contributed by atoms with Crippen LogP contribution in [0.15, 0.2) is 41.8 Å². The van der Waals surface area contributed by atoms with Gasteiger partial charge in [-0.2, -0.15) is 0 Å². The highest BCUT2D eigenvalue weighted by Crippen LogP contribution is 2.74. The number of benzene rings is 2. The third-order valence-corrected chi connectivity index (χ3v) is 17.8. The number of nitrogens with one attached hydrogen (secondary N) is 3. The fourth-order valence-corrected chi connectivity index (χ4v) is 14.3. The molecule has 3 N–H and O–H groups in total. The number of hydrogen-bond acceptors (Lipinski definition) is 12. The Morgan fingerprint density at radius 1 is 0.985 bits per heavy atom. The number of anilines is 1. The molecule has 1 unspecified atom stereocenters. The van der Waals surface area contributed by atoms with Crippen LogP contribution in [0.2, 0.25) is 5.02 Å². The molecule has 8 rings (SSSR count). The average Bonchev–Trinajstić information content (AvgIpc) is 3.71. The van der Waals surface area contributed by atoms with Gasteiger partial charge in [-0.15, -0.1) is 11.3 Å². The van der Waals surface area contributed by atoms with Gasteiger partial charge in [-0.25, -0.2) is 23.5 Å². The van der Waals surface area contributed by atoms with E-state index in [4.69, 9.17) is 40.3 Å². The molecule has 2 aromatic heterocycles. The van der Waals surface area contributed by atoms with Crippen LogP contribution in [0.4, 0.5) is 18.7 Å². The van der Waals surface area contributed by atoms with Gasteiger partial charge in [0.1, 0.15) is 63.4 Å². The number of rotatable bonds is 13. The second-order valence-corrected chi connectivity index (χ2v) is 22.4. The van der Waals surface area contributed by atoms with Crippen molar-refractivity contribution in [3.8, 4) is 22.9 Å². The van der Waals surface area contributed by atoms with Crippen LogP contribution in [0.5, 0.6) is 11.5 Å². The van der Waals surface area contributed by atoms with Gasteiger partial charge in [0.25, 0.3) is 0 Å². The third-order valence-electron chi connectivity index (χ3n) is 13.4. The van der Waals surface area contributed by atoms with Crippen molar-refractivity contribution in [1.82, 2.24) is 25.5 Å². The van der Waals surface area contributed by atoms with Crippen molar-refractivity contribution in [2.24, 2.45) is 5.92 Å². The summed E-state index contributed by atoms with van der Waals surface area (Å²) in [5.41, 5.74) is 1.06. The van der Waals surface area contributed by atoms with Gasteiger partial charge in [0.15, 0.2) is 5.13 Å². The molecule has 67 heavy (non-hydrogen) atoms. The molecular formula is C48H60ClF2N6O8PS. The summed E-state index contributed by atoms with van der Waals surface area (Å²) in [6.45, 7) is 5.60. The number of carbonyl (C=O) groups excluding carboxylic acids is 3. The number of alkyl carbamates (subject to hydrolysis) is 1. The lowest BCUT2D eigenvalue weighted by Crippen LogP contribution is -2.55. The van der Waals surface area contributed by atoms with Crippen LogP contribution in [-0.2, 0) is 29.6 Å². The second-order valence-electron chi connectivity index (χ2n) is 18.4. The maximum Gasteiger partial charge on any atom is 0.408 e. The zero-order valence-corrected chi connectivity index (χ0v) is 40.9. The SMILES string of the molecule is CCOP(=O)(Cc1c(F)cccc1F)[C@@]12C[C@H]1CCCCCCC[C@H](NC(=O)OC1CCCC1)C(=O)N1C[C@@H](Oc3cc(-c4csc(NC(C)C)n4)nc4c(Cl)c(OC)ccc34)C[C@H]1C(=O)N2. The molecule has 0 radical (unpaired) electrons. The highest BCUT2D eigenvalue weighted by atomic mass is 35.5. The normalized spacial score (nSPS) is 24.8. The van der Waals surface area contributed by atoms with E-state index in [1.165, 1.54) is 29.4 Å². The van der Waals surface area contributed by atoms with E-state index in [2.05, 4.69) is 16.0 Å². The predicted molar refractivity (Wildman–Crippen MR) is 254 cm³/mol. The molecule has 0 bridgehead atoms. The number of amides is 3. The molecule has 4 fully saturated rings. The van der Waals surface area contributed by atoms with Crippen molar-refractivity contribution in [3.63, 3.8) is 0 Å². The minimum atomic E-state index is -4.09. The molecule has 19 heteroatoms. The van der Waals surface area contributed by atoms with Crippen molar-refractivity contribution >= 4 is 64.2 Å². The van der Waals surface area contributed by atoms with Crippen LogP contribution in [0.3, 0.4) is 0 Å². The number of pyridine rings is 1. The summed E-state index contributed by atoms with van der Waals surface area (Å²) in [4.78, 5) is 54.6. The number of hydrogen-bond donors (Lipinski definition) is 3. The van der Waals surface area contributed by atoms with Crippen LogP contribution < -0.4 is 25.4 Å². The second kappa shape index (κ2) is 21.0. The van der Waals surface area contributed by atoms with Crippen molar-refractivity contribution in [2.45, 2.75) is 146 Å². The van der Waals surface area contributed by atoms with Crippen molar-refractivity contribution in [1.29, 1.82) is 0 Å². The first-order valence-electron chi connectivity index (χ1n) is 23.5. The number of thiazole rings is 1. The van der Waals surface area contributed by atoms with Gasteiger partial charge >= 0.3 is 6.09 Å². The number of aromatic nitrogens is 2. The first-order valence-corrected chi connectivity index (χ1v) is 26.6. The Bertz CT molecular complexity index is 2490. The molecule has 2 saturated heterocycles. The molecular weight excluding hydrogens is 925 g/mol. The van der Waals surface area contributed by atoms with Gasteiger partial charge in [-0.3, -0.25) is 14.2 Å². The third kappa shape index (κ3) is 10.7. The maximum absolute atomic E-state index is 15.4. The van der Waals surface area contributed by atoms with Crippen LogP contribution in [-0.4, -0.2) is 88.7 Å². The van der Waals surface area contributed by atoms with E-state index in [9.17, 15) is 4.79 Å². The Morgan fingerprint density at radius 3 is 2.42 bits per heavy atom. The fourth-order valence-electron chi connectivity index (χ4n) is 9.93. The van der Waals surface area contributed by atoms with Gasteiger partial charge in [0.2, 0.25) is 19.2 Å². The summed E-state index contributed by atoms with van der Waals surface area (Å²) in [5, 5.41) is 11.2. The number of nitrogens with zero attached hydrogens (tertiary/aromatic N) is 3. The zero-order chi connectivity index (χ0) is 47.5. The van der Waals surface area contributed by atoms with Crippen molar-refractivity contribution in [3.05, 3.63) is 64.0 Å². The molecule has 14 nitrogen and oxygen atoms in total. The number of carbonyl (C=O) groups is 3. The Balaban J connectivity index is 1.16. The van der Waals surface area contributed by atoms with Crippen molar-refractivity contribution in [2.75, 3.05) is 25.6 Å². The van der Waals surface area contributed by atoms with E-state index < -0.39 is 66.5 Å². The average molecular weight is 986 g/mol. The van der Waals surface area contributed by atoms with Crippen LogP contribution in [0, 0.1) is 17.6 Å². The quantitative estimate of drug-likeness (QED) is 0.109. The highest BCUT2D eigenvalue weighted by Gasteiger charge is 2.67. The van der Waals surface area contributed by atoms with Gasteiger partial charge in [-0.05, 0) is 95.9 Å². The lowest BCUT2D eigenvalue weighted by atomic mass is 10.0. The van der Waals surface area contributed by atoms with E-state index in [0.717, 1.165) is 63.5 Å². The monoisotopic (exact) mass is 984 g/mol. The highest BCUT2D eigenvalue weighted by molar-refractivity contribution is 7.60. The summed E-state index contributed by atoms with van der Waals surface area (Å²) in [6.07, 6.45) is 6.18. The molecule has 2 aromatic carbocycles. The van der Waals surface area contributed by atoms with E-state index >= 15 is 22.9 Å². The summed E-state index contributed by atoms with van der Waals surface area (Å²) >= 11 is 8.32. The van der Waals surface area contributed by atoms with Gasteiger partial charge in [0, 0.05) is 34.9 Å². The largest absolute Gasteiger partial charge is 0.495 e. The van der Waals surface area contributed by atoms with Gasteiger partial charge < -0.3 is 39.6 Å². The Morgan fingerprint density at radius 2 is 1.70 bits per heavy atom. The van der Waals surface area contributed by atoms with E-state index in [-0.39, 0.29) is 54.6 Å². The van der Waals surface area contributed by atoms with Gasteiger partial charge in [-0.1, -0.05) is 49.8 Å². The number of methoxy groups -OCH3 is 1. The first kappa shape index (κ1) is 48.9. The molecule has 2 aliphatic carbocycles. The summed E-state index contributed by atoms with van der Waals surface area (Å²) in [5.74, 6) is -2.35. The molecule has 4 aliphatic rings. The smallest absolute Gasteiger partial charge is 0.408 e. The number of halogens is 3. The molecule has 4 heterocycles. The Kier molecular flexibility index (Phi) is 15.3. The Hall–Kier alpha value is -4.57. The Labute approximate surface area is 399 Å². The molecule has 4 aromatic rings. The van der Waals surface area contributed by atoms with E-state index in [0.29, 0.717) is 58.2 Å². The zero-order valence-electron chi connectivity index (χ0n) is 38.4. The molecule has 0 spiro atoms. The topological polar surface area (TPSA) is 170 Å². The lowest BCUT2D eigenvalue weighted by Gasteiger charge is -2.33. The van der Waals surface area contributed by atoms with Crippen LogP contribution in [0.25, 0.3) is 22.3 Å². The maximum atomic E-state index is 15.4. The molecule has 3 amide bonds.